The highest BCUT2D eigenvalue weighted by Gasteiger charge is 2.15. The number of carbonyl (C=O) groups is 1. The lowest BCUT2D eigenvalue weighted by Crippen LogP contribution is -2.13. The van der Waals surface area contributed by atoms with Crippen LogP contribution >= 0.6 is 34.9 Å². The largest absolute Gasteiger partial charge is 0.296 e. The lowest BCUT2D eigenvalue weighted by atomic mass is 10.2. The number of amides is 1. The summed E-state index contributed by atoms with van der Waals surface area (Å²) >= 11 is 4.79. The Hall–Kier alpha value is -1.05. The summed E-state index contributed by atoms with van der Waals surface area (Å²) in [4.78, 5) is 13.5. The topological polar surface area (TPSA) is 54.9 Å². The third kappa shape index (κ3) is 5.51. The van der Waals surface area contributed by atoms with Gasteiger partial charge in [0.1, 0.15) is 0 Å². The van der Waals surface area contributed by atoms with Gasteiger partial charge in [0.05, 0.1) is 5.56 Å². The first-order chi connectivity index (χ1) is 11.0. The highest BCUT2D eigenvalue weighted by molar-refractivity contribution is 8.01. The molecule has 1 heterocycles. The summed E-state index contributed by atoms with van der Waals surface area (Å²) in [6, 6.07) is 7.65. The number of rotatable bonds is 7. The highest BCUT2D eigenvalue weighted by atomic mass is 32.2. The third-order valence-corrected chi connectivity index (χ3v) is 6.27. The predicted molar refractivity (Wildman–Crippen MR) is 101 cm³/mol. The van der Waals surface area contributed by atoms with Gasteiger partial charge in [-0.05, 0) is 18.6 Å². The molecule has 1 aromatic heterocycles. The lowest BCUT2D eigenvalue weighted by Gasteiger charge is -2.10. The number of aromatic nitrogens is 2. The summed E-state index contributed by atoms with van der Waals surface area (Å²) in [5.74, 6) is -0.134. The van der Waals surface area contributed by atoms with E-state index in [1.807, 2.05) is 24.3 Å². The van der Waals surface area contributed by atoms with Crippen molar-refractivity contribution in [1.82, 2.24) is 10.2 Å². The maximum atomic E-state index is 12.5. The van der Waals surface area contributed by atoms with Gasteiger partial charge < -0.3 is 0 Å². The molecule has 1 unspecified atom stereocenters. The molecule has 0 aliphatic rings. The zero-order chi connectivity index (χ0) is 16.8. The van der Waals surface area contributed by atoms with Gasteiger partial charge in [0.25, 0.3) is 5.91 Å². The number of anilines is 1. The van der Waals surface area contributed by atoms with Crippen LogP contribution in [0.5, 0.6) is 0 Å². The number of hydrogen-bond donors (Lipinski definition) is 1. The van der Waals surface area contributed by atoms with Gasteiger partial charge in [-0.25, -0.2) is 0 Å². The number of nitrogens with one attached hydrogen (secondary N) is 1. The van der Waals surface area contributed by atoms with E-state index in [0.717, 1.165) is 15.7 Å². The van der Waals surface area contributed by atoms with Crippen molar-refractivity contribution in [2.24, 2.45) is 0 Å². The van der Waals surface area contributed by atoms with Crippen LogP contribution in [-0.4, -0.2) is 26.6 Å². The minimum absolute atomic E-state index is 0.134. The molecular weight excluding hydrogens is 346 g/mol. The maximum Gasteiger partial charge on any atom is 0.258 e. The summed E-state index contributed by atoms with van der Waals surface area (Å²) in [6.45, 7) is 8.53. The number of thioether (sulfide) groups is 2. The molecule has 0 fully saturated rings. The van der Waals surface area contributed by atoms with Gasteiger partial charge in [-0.15, -0.1) is 22.0 Å². The Morgan fingerprint density at radius 1 is 1.22 bits per heavy atom. The molecule has 2 rings (SSSR count). The van der Waals surface area contributed by atoms with E-state index in [9.17, 15) is 4.79 Å². The molecule has 0 saturated heterocycles. The molecule has 1 amide bonds. The molecule has 0 aliphatic carbocycles. The second-order valence-corrected chi connectivity index (χ2v) is 9.61. The van der Waals surface area contributed by atoms with Gasteiger partial charge in [0.15, 0.2) is 4.34 Å². The van der Waals surface area contributed by atoms with E-state index in [-0.39, 0.29) is 5.91 Å². The minimum Gasteiger partial charge on any atom is -0.296 e. The third-order valence-electron chi connectivity index (χ3n) is 3.00. The Balaban J connectivity index is 2.08. The van der Waals surface area contributed by atoms with Crippen molar-refractivity contribution in [3.63, 3.8) is 0 Å². The van der Waals surface area contributed by atoms with Gasteiger partial charge in [0.2, 0.25) is 5.13 Å². The Morgan fingerprint density at radius 3 is 2.65 bits per heavy atom. The molecule has 7 heteroatoms. The van der Waals surface area contributed by atoms with Gasteiger partial charge in [-0.3, -0.25) is 10.1 Å². The van der Waals surface area contributed by atoms with Crippen molar-refractivity contribution in [3.8, 4) is 0 Å². The average Bonchev–Trinajstić information content (AvgIpc) is 2.94. The Labute approximate surface area is 149 Å². The van der Waals surface area contributed by atoms with Crippen molar-refractivity contribution in [2.45, 2.75) is 53.9 Å². The first-order valence-corrected chi connectivity index (χ1v) is 10.1. The fourth-order valence-corrected chi connectivity index (χ4v) is 4.68. The Morgan fingerprint density at radius 2 is 1.96 bits per heavy atom. The summed E-state index contributed by atoms with van der Waals surface area (Å²) in [5, 5.41) is 12.5. The summed E-state index contributed by atoms with van der Waals surface area (Å²) < 4.78 is 0.888. The highest BCUT2D eigenvalue weighted by Crippen LogP contribution is 2.31. The molecule has 0 radical (unpaired) electrons. The second-order valence-electron chi connectivity index (χ2n) is 5.33. The molecule has 1 aromatic carbocycles. The van der Waals surface area contributed by atoms with Crippen molar-refractivity contribution < 1.29 is 4.79 Å². The van der Waals surface area contributed by atoms with Gasteiger partial charge in [-0.2, -0.15) is 0 Å². The maximum absolute atomic E-state index is 12.5. The van der Waals surface area contributed by atoms with Gasteiger partial charge >= 0.3 is 0 Å². The smallest absolute Gasteiger partial charge is 0.258 e. The van der Waals surface area contributed by atoms with Crippen LogP contribution < -0.4 is 5.32 Å². The predicted octanol–water partition coefficient (Wildman–Crippen LogP) is 5.18. The fourth-order valence-electron chi connectivity index (χ4n) is 1.74. The Kier molecular flexibility index (Phi) is 6.92. The van der Waals surface area contributed by atoms with Crippen molar-refractivity contribution in [1.29, 1.82) is 0 Å². The van der Waals surface area contributed by atoms with Crippen LogP contribution in [0.15, 0.2) is 33.5 Å². The van der Waals surface area contributed by atoms with Crippen LogP contribution in [0.2, 0.25) is 0 Å². The zero-order valence-electron chi connectivity index (χ0n) is 13.7. The van der Waals surface area contributed by atoms with Crippen LogP contribution in [0.4, 0.5) is 5.13 Å². The summed E-state index contributed by atoms with van der Waals surface area (Å²) in [5.41, 5.74) is 0.678. The van der Waals surface area contributed by atoms with E-state index < -0.39 is 0 Å². The Bertz CT molecular complexity index is 658. The van der Waals surface area contributed by atoms with Crippen LogP contribution in [0.1, 0.15) is 44.5 Å². The molecule has 0 aliphatic heterocycles. The molecule has 124 valence electrons. The number of carbonyl (C=O) groups excluding carboxylic acids is 1. The van der Waals surface area contributed by atoms with Crippen molar-refractivity contribution in [3.05, 3.63) is 29.8 Å². The quantitative estimate of drug-likeness (QED) is 0.540. The SMILES string of the molecule is CCC(C)Sc1nnc(NC(=O)c2ccccc2SC(C)C)s1. The first-order valence-electron chi connectivity index (χ1n) is 7.56. The van der Waals surface area contributed by atoms with E-state index >= 15 is 0 Å². The van der Waals surface area contributed by atoms with Crippen molar-refractivity contribution >= 4 is 45.9 Å². The van der Waals surface area contributed by atoms with Gasteiger partial charge in [0, 0.05) is 15.4 Å². The fraction of sp³-hybridized carbons (Fsp3) is 0.438. The van der Waals surface area contributed by atoms with Crippen LogP contribution in [0, 0.1) is 0 Å². The van der Waals surface area contributed by atoms with Crippen LogP contribution in [0.3, 0.4) is 0 Å². The number of nitrogens with zero attached hydrogens (tertiary/aromatic N) is 2. The molecule has 0 bridgehead atoms. The minimum atomic E-state index is -0.134. The molecule has 1 atom stereocenters. The molecule has 23 heavy (non-hydrogen) atoms. The summed E-state index contributed by atoms with van der Waals surface area (Å²) in [6.07, 6.45) is 1.08. The monoisotopic (exact) mass is 367 g/mol. The van der Waals surface area contributed by atoms with Crippen LogP contribution in [-0.2, 0) is 0 Å². The van der Waals surface area contributed by atoms with E-state index in [2.05, 4.69) is 43.2 Å². The number of hydrogen-bond acceptors (Lipinski definition) is 6. The van der Waals surface area contributed by atoms with E-state index in [4.69, 9.17) is 0 Å². The summed E-state index contributed by atoms with van der Waals surface area (Å²) in [7, 11) is 0. The standard InChI is InChI=1S/C16H21N3OS3/c1-5-11(4)22-16-19-18-15(23-16)17-14(20)12-8-6-7-9-13(12)21-10(2)3/h6-11H,5H2,1-4H3,(H,17,18,20). The lowest BCUT2D eigenvalue weighted by molar-refractivity contribution is 0.102. The molecular formula is C16H21N3OS3. The zero-order valence-corrected chi connectivity index (χ0v) is 16.1. The van der Waals surface area contributed by atoms with Crippen molar-refractivity contribution in [2.75, 3.05) is 5.32 Å². The van der Waals surface area contributed by atoms with Crippen LogP contribution in [0.25, 0.3) is 0 Å². The number of benzene rings is 1. The van der Waals surface area contributed by atoms with E-state index in [0.29, 0.717) is 21.2 Å². The van der Waals surface area contributed by atoms with Gasteiger partial charge in [-0.1, -0.05) is 62.9 Å². The normalized spacial score (nSPS) is 12.4. The average molecular weight is 368 g/mol. The second kappa shape index (κ2) is 8.70. The molecule has 0 saturated carbocycles. The molecule has 2 aromatic rings. The first kappa shape index (κ1) is 18.3. The molecule has 1 N–H and O–H groups in total. The molecule has 4 nitrogen and oxygen atoms in total. The van der Waals surface area contributed by atoms with E-state index in [1.54, 1.807) is 23.5 Å². The van der Waals surface area contributed by atoms with E-state index in [1.165, 1.54) is 11.3 Å². The molecule has 0 spiro atoms.